The molecule has 0 bridgehead atoms. The molecule has 0 spiro atoms. The molecule has 1 aliphatic carbocycles. The van der Waals surface area contributed by atoms with Gasteiger partial charge in [-0.2, -0.15) is 0 Å². The van der Waals surface area contributed by atoms with Crippen LogP contribution in [-0.2, 0) is 4.74 Å². The molecule has 0 aromatic rings. The van der Waals surface area contributed by atoms with Crippen LogP contribution >= 0.6 is 0 Å². The first-order valence-corrected chi connectivity index (χ1v) is 10.8. The van der Waals surface area contributed by atoms with Crippen molar-refractivity contribution in [2.75, 3.05) is 13.2 Å². The fourth-order valence-electron chi connectivity index (χ4n) is 4.91. The third kappa shape index (κ3) is 7.04. The van der Waals surface area contributed by atoms with Crippen LogP contribution in [0.1, 0.15) is 92.4 Å². The second-order valence-electron chi connectivity index (χ2n) is 9.93. The maximum Gasteiger partial charge on any atom is 0.0859 e. The predicted octanol–water partition coefficient (Wildman–Crippen LogP) is 4.78. The molecule has 0 radical (unpaired) electrons. The molecule has 142 valence electrons. The topological polar surface area (TPSA) is 25.8 Å². The van der Waals surface area contributed by atoms with Crippen molar-refractivity contribution in [3.63, 3.8) is 0 Å². The average Bonchev–Trinajstić information content (AvgIpc) is 2.51. The van der Waals surface area contributed by atoms with Crippen molar-refractivity contribution in [1.29, 1.82) is 0 Å². The monoisotopic (exact) mass is 338 g/mol. The van der Waals surface area contributed by atoms with Gasteiger partial charge >= 0.3 is 0 Å². The van der Waals surface area contributed by atoms with Crippen molar-refractivity contribution in [3.05, 3.63) is 0 Å². The van der Waals surface area contributed by atoms with E-state index in [0.29, 0.717) is 0 Å². The van der Waals surface area contributed by atoms with Crippen LogP contribution in [0.4, 0.5) is 0 Å². The summed E-state index contributed by atoms with van der Waals surface area (Å²) in [6.45, 7) is 14.1. The van der Waals surface area contributed by atoms with Crippen molar-refractivity contribution >= 4 is 0 Å². The minimum atomic E-state index is 0.0994. The summed E-state index contributed by atoms with van der Waals surface area (Å²) in [4.78, 5) is 0. The molecule has 2 N–H and O–H groups in total. The van der Waals surface area contributed by atoms with Crippen LogP contribution < -0.4 is 5.32 Å². The summed E-state index contributed by atoms with van der Waals surface area (Å²) >= 11 is 0. The standard InChI is InChI=1S/C22H43NO/c1-17(2)6-9-19(20-13-15-24-22(4,5)16-20)12-14-23-21-10-7-18(3)8-11-21/h17-21,23H,6-16H2,1-5H3/p+1/t18?,19-,20-,21?/m1/s1. The van der Waals surface area contributed by atoms with E-state index in [-0.39, 0.29) is 5.60 Å². The predicted molar refractivity (Wildman–Crippen MR) is 103 cm³/mol. The molecule has 1 aliphatic heterocycles. The smallest absolute Gasteiger partial charge is 0.0859 e. The van der Waals surface area contributed by atoms with Crippen LogP contribution in [0.2, 0.25) is 0 Å². The quantitative estimate of drug-likeness (QED) is 0.677. The van der Waals surface area contributed by atoms with Crippen molar-refractivity contribution in [1.82, 2.24) is 0 Å². The minimum Gasteiger partial charge on any atom is -0.376 e. The first-order chi connectivity index (χ1) is 11.4. The molecule has 2 rings (SSSR count). The van der Waals surface area contributed by atoms with Gasteiger partial charge in [0.1, 0.15) is 0 Å². The third-order valence-electron chi connectivity index (χ3n) is 6.61. The van der Waals surface area contributed by atoms with Gasteiger partial charge in [-0.25, -0.2) is 0 Å². The van der Waals surface area contributed by atoms with E-state index in [1.165, 1.54) is 64.3 Å². The third-order valence-corrected chi connectivity index (χ3v) is 6.61. The Morgan fingerprint density at radius 2 is 1.71 bits per heavy atom. The Balaban J connectivity index is 1.79. The summed E-state index contributed by atoms with van der Waals surface area (Å²) in [5, 5.41) is 2.69. The van der Waals surface area contributed by atoms with Crippen molar-refractivity contribution < 1.29 is 10.1 Å². The number of rotatable bonds is 8. The van der Waals surface area contributed by atoms with Gasteiger partial charge in [-0.3, -0.25) is 0 Å². The van der Waals surface area contributed by atoms with Crippen LogP contribution in [0.5, 0.6) is 0 Å². The molecule has 1 saturated carbocycles. The molecule has 1 heterocycles. The normalized spacial score (nSPS) is 32.0. The first-order valence-electron chi connectivity index (χ1n) is 10.8. The number of hydrogen-bond acceptors (Lipinski definition) is 1. The Morgan fingerprint density at radius 1 is 1.00 bits per heavy atom. The summed E-state index contributed by atoms with van der Waals surface area (Å²) in [6.07, 6.45) is 12.6. The van der Waals surface area contributed by atoms with Gasteiger partial charge in [0.15, 0.2) is 0 Å². The second kappa shape index (κ2) is 9.57. The zero-order valence-electron chi connectivity index (χ0n) is 17.2. The molecular formula is C22H44NO+. The van der Waals surface area contributed by atoms with Crippen LogP contribution in [-0.4, -0.2) is 24.8 Å². The first kappa shape index (κ1) is 20.2. The van der Waals surface area contributed by atoms with Gasteiger partial charge < -0.3 is 10.1 Å². The lowest BCUT2D eigenvalue weighted by Crippen LogP contribution is -2.90. The lowest BCUT2D eigenvalue weighted by molar-refractivity contribution is -0.693. The zero-order chi connectivity index (χ0) is 17.6. The highest BCUT2D eigenvalue weighted by atomic mass is 16.5. The summed E-state index contributed by atoms with van der Waals surface area (Å²) in [5.41, 5.74) is 0.0994. The van der Waals surface area contributed by atoms with Gasteiger partial charge in [-0.15, -0.1) is 0 Å². The largest absolute Gasteiger partial charge is 0.376 e. The Labute approximate surface area is 151 Å². The highest BCUT2D eigenvalue weighted by Gasteiger charge is 2.33. The van der Waals surface area contributed by atoms with E-state index >= 15 is 0 Å². The fourth-order valence-corrected chi connectivity index (χ4v) is 4.91. The molecule has 2 atom stereocenters. The van der Waals surface area contributed by atoms with Gasteiger partial charge in [0.2, 0.25) is 0 Å². The zero-order valence-corrected chi connectivity index (χ0v) is 17.2. The van der Waals surface area contributed by atoms with Gasteiger partial charge in [-0.1, -0.05) is 27.2 Å². The lowest BCUT2D eigenvalue weighted by Gasteiger charge is -2.39. The van der Waals surface area contributed by atoms with Crippen LogP contribution in [0.3, 0.4) is 0 Å². The van der Waals surface area contributed by atoms with E-state index < -0.39 is 0 Å². The second-order valence-corrected chi connectivity index (χ2v) is 9.93. The van der Waals surface area contributed by atoms with Crippen molar-refractivity contribution in [3.8, 4) is 0 Å². The molecule has 0 amide bonds. The van der Waals surface area contributed by atoms with Crippen LogP contribution in [0, 0.1) is 23.7 Å². The van der Waals surface area contributed by atoms with E-state index in [1.807, 2.05) is 0 Å². The Morgan fingerprint density at radius 3 is 2.33 bits per heavy atom. The molecule has 2 heteroatoms. The Kier molecular flexibility index (Phi) is 8.07. The number of hydrogen-bond donors (Lipinski definition) is 1. The Hall–Kier alpha value is -0.0800. The van der Waals surface area contributed by atoms with E-state index in [0.717, 1.165) is 36.3 Å². The van der Waals surface area contributed by atoms with Gasteiger partial charge in [0.05, 0.1) is 18.2 Å². The van der Waals surface area contributed by atoms with Crippen LogP contribution in [0.15, 0.2) is 0 Å². The average molecular weight is 339 g/mol. The van der Waals surface area contributed by atoms with E-state index in [9.17, 15) is 0 Å². The molecule has 0 aromatic heterocycles. The molecule has 1 saturated heterocycles. The fraction of sp³-hybridized carbons (Fsp3) is 1.00. The summed E-state index contributed by atoms with van der Waals surface area (Å²) in [5.74, 6) is 3.60. The minimum absolute atomic E-state index is 0.0994. The van der Waals surface area contributed by atoms with E-state index in [1.54, 1.807) is 0 Å². The van der Waals surface area contributed by atoms with E-state index in [4.69, 9.17) is 4.74 Å². The molecule has 0 aromatic carbocycles. The Bertz CT molecular complexity index is 344. The summed E-state index contributed by atoms with van der Waals surface area (Å²) < 4.78 is 5.97. The highest BCUT2D eigenvalue weighted by Crippen LogP contribution is 2.37. The van der Waals surface area contributed by atoms with Crippen molar-refractivity contribution in [2.24, 2.45) is 23.7 Å². The molecule has 2 nitrogen and oxygen atoms in total. The lowest BCUT2D eigenvalue weighted by atomic mass is 9.75. The maximum atomic E-state index is 5.97. The maximum absolute atomic E-state index is 5.97. The van der Waals surface area contributed by atoms with Gasteiger partial charge in [0, 0.05) is 6.61 Å². The molecular weight excluding hydrogens is 294 g/mol. The summed E-state index contributed by atoms with van der Waals surface area (Å²) in [7, 11) is 0. The number of nitrogens with two attached hydrogens (primary N) is 1. The molecule has 24 heavy (non-hydrogen) atoms. The summed E-state index contributed by atoms with van der Waals surface area (Å²) in [6, 6.07) is 0.915. The van der Waals surface area contributed by atoms with E-state index in [2.05, 4.69) is 39.9 Å². The molecule has 2 fully saturated rings. The molecule has 0 unspecified atom stereocenters. The van der Waals surface area contributed by atoms with Crippen LogP contribution in [0.25, 0.3) is 0 Å². The molecule has 2 aliphatic rings. The van der Waals surface area contributed by atoms with Gasteiger partial charge in [0.25, 0.3) is 0 Å². The number of ether oxygens (including phenoxy) is 1. The van der Waals surface area contributed by atoms with Crippen molar-refractivity contribution in [2.45, 2.75) is 104 Å². The van der Waals surface area contributed by atoms with Gasteiger partial charge in [-0.05, 0) is 88.9 Å². The number of quaternary nitrogens is 1. The highest BCUT2D eigenvalue weighted by molar-refractivity contribution is 4.83. The SMILES string of the molecule is CC(C)CC[C@H](CC[NH2+]C1CCC(C)CC1)[C@@H]1CCOC(C)(C)C1.